The van der Waals surface area contributed by atoms with Crippen molar-refractivity contribution in [3.05, 3.63) is 24.2 Å². The lowest BCUT2D eigenvalue weighted by Gasteiger charge is -2.22. The van der Waals surface area contributed by atoms with Gasteiger partial charge in [-0.05, 0) is 48.8 Å². The van der Waals surface area contributed by atoms with Gasteiger partial charge in [0.05, 0.1) is 0 Å². The molecule has 1 aliphatic heterocycles. The molecule has 2 aromatic heterocycles. The molecule has 0 N–H and O–H groups in total. The summed E-state index contributed by atoms with van der Waals surface area (Å²) in [6.45, 7) is 3.32. The van der Waals surface area contributed by atoms with E-state index in [0.717, 1.165) is 36.5 Å². The van der Waals surface area contributed by atoms with E-state index < -0.39 is 0 Å². The Morgan fingerprint density at radius 3 is 3.00 bits per heavy atom. The Balaban J connectivity index is 1.92. The third-order valence-corrected chi connectivity index (χ3v) is 4.89. The van der Waals surface area contributed by atoms with Gasteiger partial charge in [0, 0.05) is 19.2 Å². The van der Waals surface area contributed by atoms with Crippen molar-refractivity contribution in [2.75, 3.05) is 11.5 Å². The molecule has 2 aromatic rings. The molecule has 0 aromatic carbocycles. The lowest BCUT2D eigenvalue weighted by molar-refractivity contribution is 0.413. The number of pyridine rings is 1. The van der Waals surface area contributed by atoms with Crippen molar-refractivity contribution in [1.29, 1.82) is 0 Å². The zero-order valence-corrected chi connectivity index (χ0v) is 12.3. The van der Waals surface area contributed by atoms with Crippen LogP contribution in [0.5, 0.6) is 0 Å². The molecule has 1 aliphatic rings. The molecule has 3 nitrogen and oxygen atoms in total. The summed E-state index contributed by atoms with van der Waals surface area (Å²) in [5.74, 6) is 4.65. The summed E-state index contributed by atoms with van der Waals surface area (Å²) in [7, 11) is 0. The second-order valence-corrected chi connectivity index (χ2v) is 6.52. The predicted molar refractivity (Wildman–Crippen MR) is 81.6 cm³/mol. The van der Waals surface area contributed by atoms with E-state index in [1.807, 2.05) is 12.3 Å². The molecule has 102 valence electrons. The lowest BCUT2D eigenvalue weighted by Crippen LogP contribution is -2.18. The fourth-order valence-corrected chi connectivity index (χ4v) is 4.00. The van der Waals surface area contributed by atoms with Gasteiger partial charge in [0.15, 0.2) is 5.65 Å². The standard InChI is InChI=1S/C15H21N3S/c1-2-4-14-17-13-5-3-8-16-15(13)18(14)11-12-6-9-19-10-7-12/h3,5,8,12H,2,4,6-7,9-11H2,1H3. The first kappa shape index (κ1) is 13.0. The summed E-state index contributed by atoms with van der Waals surface area (Å²) in [6.07, 6.45) is 6.75. The van der Waals surface area contributed by atoms with Crippen molar-refractivity contribution in [2.24, 2.45) is 5.92 Å². The van der Waals surface area contributed by atoms with Crippen molar-refractivity contribution in [3.8, 4) is 0 Å². The average Bonchev–Trinajstić information content (AvgIpc) is 2.79. The van der Waals surface area contributed by atoms with Crippen LogP contribution in [-0.4, -0.2) is 26.0 Å². The van der Waals surface area contributed by atoms with Gasteiger partial charge in [0.2, 0.25) is 0 Å². The highest BCUT2D eigenvalue weighted by atomic mass is 32.2. The quantitative estimate of drug-likeness (QED) is 0.855. The molecule has 0 atom stereocenters. The third kappa shape index (κ3) is 2.78. The molecule has 4 heteroatoms. The topological polar surface area (TPSA) is 30.7 Å². The Morgan fingerprint density at radius 2 is 2.21 bits per heavy atom. The van der Waals surface area contributed by atoms with Gasteiger partial charge in [-0.2, -0.15) is 11.8 Å². The zero-order chi connectivity index (χ0) is 13.1. The van der Waals surface area contributed by atoms with E-state index in [9.17, 15) is 0 Å². The number of aromatic nitrogens is 3. The Labute approximate surface area is 118 Å². The first-order valence-electron chi connectivity index (χ1n) is 7.26. The minimum atomic E-state index is 0.802. The molecule has 0 saturated carbocycles. The molecule has 3 heterocycles. The smallest absolute Gasteiger partial charge is 0.159 e. The molecule has 3 rings (SSSR count). The average molecular weight is 275 g/mol. The number of nitrogens with zero attached hydrogens (tertiary/aromatic N) is 3. The fourth-order valence-electron chi connectivity index (χ4n) is 2.80. The molecule has 0 unspecified atom stereocenters. The highest BCUT2D eigenvalue weighted by Crippen LogP contribution is 2.26. The number of hydrogen-bond acceptors (Lipinski definition) is 3. The fraction of sp³-hybridized carbons (Fsp3) is 0.600. The zero-order valence-electron chi connectivity index (χ0n) is 11.5. The van der Waals surface area contributed by atoms with Crippen LogP contribution in [0.4, 0.5) is 0 Å². The van der Waals surface area contributed by atoms with E-state index in [2.05, 4.69) is 34.3 Å². The molecule has 1 fully saturated rings. The van der Waals surface area contributed by atoms with Crippen molar-refractivity contribution in [1.82, 2.24) is 14.5 Å². The van der Waals surface area contributed by atoms with Crippen molar-refractivity contribution in [3.63, 3.8) is 0 Å². The monoisotopic (exact) mass is 275 g/mol. The number of hydrogen-bond donors (Lipinski definition) is 0. The van der Waals surface area contributed by atoms with Gasteiger partial charge in [0.25, 0.3) is 0 Å². The molecule has 0 aliphatic carbocycles. The largest absolute Gasteiger partial charge is 0.312 e. The third-order valence-electron chi connectivity index (χ3n) is 3.84. The van der Waals surface area contributed by atoms with Gasteiger partial charge in [-0.1, -0.05) is 6.92 Å². The van der Waals surface area contributed by atoms with E-state index in [-0.39, 0.29) is 0 Å². The van der Waals surface area contributed by atoms with Gasteiger partial charge in [-0.15, -0.1) is 0 Å². The van der Waals surface area contributed by atoms with Gasteiger partial charge in [-0.25, -0.2) is 9.97 Å². The van der Waals surface area contributed by atoms with E-state index >= 15 is 0 Å². The van der Waals surface area contributed by atoms with Crippen LogP contribution in [0.2, 0.25) is 0 Å². The van der Waals surface area contributed by atoms with Crippen molar-refractivity contribution < 1.29 is 0 Å². The first-order chi connectivity index (χ1) is 9.38. The Kier molecular flexibility index (Phi) is 4.06. The number of fused-ring (bicyclic) bond motifs is 1. The predicted octanol–water partition coefficient (Wildman–Crippen LogP) is 3.53. The molecular weight excluding hydrogens is 254 g/mol. The molecular formula is C15H21N3S. The van der Waals surface area contributed by atoms with Crippen LogP contribution in [0.15, 0.2) is 18.3 Å². The second-order valence-electron chi connectivity index (χ2n) is 5.29. The number of imidazole rings is 1. The molecule has 0 radical (unpaired) electrons. The molecule has 1 saturated heterocycles. The second kappa shape index (κ2) is 5.95. The Morgan fingerprint density at radius 1 is 1.37 bits per heavy atom. The molecule has 0 amide bonds. The van der Waals surface area contributed by atoms with Gasteiger partial charge < -0.3 is 4.57 Å². The molecule has 19 heavy (non-hydrogen) atoms. The maximum Gasteiger partial charge on any atom is 0.159 e. The summed E-state index contributed by atoms with van der Waals surface area (Å²) in [4.78, 5) is 9.31. The highest BCUT2D eigenvalue weighted by Gasteiger charge is 2.18. The number of thioether (sulfide) groups is 1. The van der Waals surface area contributed by atoms with Crippen LogP contribution in [0.25, 0.3) is 11.2 Å². The van der Waals surface area contributed by atoms with Crippen LogP contribution in [0.1, 0.15) is 32.0 Å². The van der Waals surface area contributed by atoms with Crippen LogP contribution in [0, 0.1) is 5.92 Å². The summed E-state index contributed by atoms with van der Waals surface area (Å²) in [5, 5.41) is 0. The van der Waals surface area contributed by atoms with Crippen molar-refractivity contribution >= 4 is 22.9 Å². The van der Waals surface area contributed by atoms with E-state index in [1.54, 1.807) is 0 Å². The van der Waals surface area contributed by atoms with Crippen LogP contribution in [-0.2, 0) is 13.0 Å². The highest BCUT2D eigenvalue weighted by molar-refractivity contribution is 7.99. The van der Waals surface area contributed by atoms with Crippen LogP contribution in [0.3, 0.4) is 0 Å². The molecule has 0 spiro atoms. The first-order valence-corrected chi connectivity index (χ1v) is 8.42. The molecule has 0 bridgehead atoms. The van der Waals surface area contributed by atoms with Crippen molar-refractivity contribution in [2.45, 2.75) is 39.2 Å². The van der Waals surface area contributed by atoms with E-state index in [1.165, 1.54) is 30.2 Å². The Bertz CT molecular complexity index is 543. The minimum absolute atomic E-state index is 0.802. The minimum Gasteiger partial charge on any atom is -0.312 e. The maximum absolute atomic E-state index is 4.76. The number of aryl methyl sites for hydroxylation is 1. The summed E-state index contributed by atoms with van der Waals surface area (Å²) in [6, 6.07) is 4.06. The normalized spacial score (nSPS) is 17.1. The maximum atomic E-state index is 4.76. The summed E-state index contributed by atoms with van der Waals surface area (Å²) < 4.78 is 2.37. The summed E-state index contributed by atoms with van der Waals surface area (Å²) >= 11 is 2.09. The lowest BCUT2D eigenvalue weighted by atomic mass is 10.0. The van der Waals surface area contributed by atoms with Crippen LogP contribution >= 0.6 is 11.8 Å². The number of rotatable bonds is 4. The SMILES string of the molecule is CCCc1nc2cccnc2n1CC1CCSCC1. The van der Waals surface area contributed by atoms with Gasteiger partial charge in [0.1, 0.15) is 11.3 Å². The van der Waals surface area contributed by atoms with Gasteiger partial charge >= 0.3 is 0 Å². The Hall–Kier alpha value is -1.03. The van der Waals surface area contributed by atoms with E-state index in [4.69, 9.17) is 4.98 Å². The van der Waals surface area contributed by atoms with E-state index in [0.29, 0.717) is 0 Å². The van der Waals surface area contributed by atoms with Gasteiger partial charge in [-0.3, -0.25) is 0 Å². The van der Waals surface area contributed by atoms with Crippen LogP contribution < -0.4 is 0 Å². The summed E-state index contributed by atoms with van der Waals surface area (Å²) in [5.41, 5.74) is 2.13.